The van der Waals surface area contributed by atoms with Gasteiger partial charge in [-0.15, -0.1) is 0 Å². The number of benzene rings is 1. The number of hydrogen-bond donors (Lipinski definition) is 2. The first kappa shape index (κ1) is 16.5. The minimum Gasteiger partial charge on any atom is -0.381 e. The van der Waals surface area contributed by atoms with Gasteiger partial charge >= 0.3 is 0 Å². The normalized spacial score (nSPS) is 18.0. The molecule has 22 heavy (non-hydrogen) atoms. The van der Waals surface area contributed by atoms with Gasteiger partial charge in [-0.1, -0.05) is 32.9 Å². The Morgan fingerprint density at radius 2 is 2.00 bits per heavy atom. The molecule has 0 aromatic heterocycles. The molecule has 0 spiro atoms. The fourth-order valence-electron chi connectivity index (χ4n) is 2.18. The molecule has 2 N–H and O–H groups in total. The van der Waals surface area contributed by atoms with E-state index in [0.717, 1.165) is 13.0 Å². The maximum Gasteiger partial charge on any atom is 0.253 e. The lowest BCUT2D eigenvalue weighted by molar-refractivity contribution is -0.123. The molecule has 5 nitrogen and oxygen atoms in total. The van der Waals surface area contributed by atoms with Crippen LogP contribution in [0.25, 0.3) is 0 Å². The van der Waals surface area contributed by atoms with Crippen molar-refractivity contribution < 1.29 is 14.3 Å². The van der Waals surface area contributed by atoms with E-state index in [4.69, 9.17) is 4.74 Å². The van der Waals surface area contributed by atoms with Crippen LogP contribution in [0.2, 0.25) is 0 Å². The molecule has 120 valence electrons. The molecule has 1 heterocycles. The highest BCUT2D eigenvalue weighted by Crippen LogP contribution is 2.20. The predicted octanol–water partition coefficient (Wildman–Crippen LogP) is 2.44. The van der Waals surface area contributed by atoms with E-state index in [-0.39, 0.29) is 11.8 Å². The molecule has 2 rings (SSSR count). The van der Waals surface area contributed by atoms with E-state index in [2.05, 4.69) is 10.6 Å². The van der Waals surface area contributed by atoms with Gasteiger partial charge in [-0.25, -0.2) is 0 Å². The first-order chi connectivity index (χ1) is 10.4. The summed E-state index contributed by atoms with van der Waals surface area (Å²) in [7, 11) is 0. The summed E-state index contributed by atoms with van der Waals surface area (Å²) >= 11 is 0. The predicted molar refractivity (Wildman–Crippen MR) is 85.8 cm³/mol. The molecule has 1 fully saturated rings. The van der Waals surface area contributed by atoms with Gasteiger partial charge in [-0.3, -0.25) is 9.59 Å². The van der Waals surface area contributed by atoms with Crippen LogP contribution in [0.3, 0.4) is 0 Å². The van der Waals surface area contributed by atoms with E-state index in [1.165, 1.54) is 0 Å². The monoisotopic (exact) mass is 304 g/mol. The second-order valence-corrected chi connectivity index (χ2v) is 6.69. The van der Waals surface area contributed by atoms with Gasteiger partial charge in [0.25, 0.3) is 5.91 Å². The summed E-state index contributed by atoms with van der Waals surface area (Å²) in [5.41, 5.74) is 0.520. The van der Waals surface area contributed by atoms with Gasteiger partial charge in [0, 0.05) is 24.5 Å². The topological polar surface area (TPSA) is 67.4 Å². The summed E-state index contributed by atoms with van der Waals surface area (Å²) in [5.74, 6) is 0.0916. The number of anilines is 1. The average molecular weight is 304 g/mol. The zero-order valence-electron chi connectivity index (χ0n) is 13.4. The number of rotatable bonds is 4. The van der Waals surface area contributed by atoms with Gasteiger partial charge in [0.1, 0.15) is 0 Å². The number of ether oxygens (including phenoxy) is 1. The van der Waals surface area contributed by atoms with Gasteiger partial charge in [0.05, 0.1) is 17.9 Å². The Kier molecular flexibility index (Phi) is 5.19. The van der Waals surface area contributed by atoms with Gasteiger partial charge in [-0.2, -0.15) is 0 Å². The van der Waals surface area contributed by atoms with Crippen molar-refractivity contribution in [1.82, 2.24) is 5.32 Å². The van der Waals surface area contributed by atoms with Crippen LogP contribution in [0.15, 0.2) is 24.3 Å². The molecule has 0 saturated carbocycles. The zero-order valence-corrected chi connectivity index (χ0v) is 13.4. The van der Waals surface area contributed by atoms with Crippen molar-refractivity contribution in [2.24, 2.45) is 11.3 Å². The second-order valence-electron chi connectivity index (χ2n) is 6.69. The Balaban J connectivity index is 2.03. The van der Waals surface area contributed by atoms with E-state index >= 15 is 0 Å². The molecular weight excluding hydrogens is 280 g/mol. The smallest absolute Gasteiger partial charge is 0.253 e. The van der Waals surface area contributed by atoms with E-state index in [9.17, 15) is 9.59 Å². The quantitative estimate of drug-likeness (QED) is 0.898. The van der Waals surface area contributed by atoms with Crippen molar-refractivity contribution in [3.63, 3.8) is 0 Å². The van der Waals surface area contributed by atoms with Crippen LogP contribution in [-0.2, 0) is 9.53 Å². The third-order valence-electron chi connectivity index (χ3n) is 3.68. The Bertz CT molecular complexity index is 543. The Labute approximate surface area is 131 Å². The van der Waals surface area contributed by atoms with Crippen LogP contribution in [0.1, 0.15) is 37.6 Å². The van der Waals surface area contributed by atoms with Gasteiger partial charge in [0.2, 0.25) is 5.91 Å². The van der Waals surface area contributed by atoms with E-state index in [1.807, 2.05) is 20.8 Å². The Morgan fingerprint density at radius 3 is 2.64 bits per heavy atom. The highest BCUT2D eigenvalue weighted by atomic mass is 16.5. The molecule has 5 heteroatoms. The minimum absolute atomic E-state index is 0.114. The van der Waals surface area contributed by atoms with Crippen LogP contribution >= 0.6 is 0 Å². The van der Waals surface area contributed by atoms with E-state index < -0.39 is 5.41 Å². The van der Waals surface area contributed by atoms with Gasteiger partial charge in [-0.05, 0) is 18.6 Å². The first-order valence-corrected chi connectivity index (χ1v) is 7.64. The summed E-state index contributed by atoms with van der Waals surface area (Å²) in [5, 5.41) is 5.76. The Hall–Kier alpha value is -1.88. The molecular formula is C17H24N2O3. The molecule has 1 aliphatic heterocycles. The molecule has 0 radical (unpaired) electrons. The highest BCUT2D eigenvalue weighted by Gasteiger charge is 2.23. The Morgan fingerprint density at radius 1 is 1.27 bits per heavy atom. The zero-order chi connectivity index (χ0) is 16.2. The molecule has 0 bridgehead atoms. The summed E-state index contributed by atoms with van der Waals surface area (Å²) in [4.78, 5) is 24.5. The largest absolute Gasteiger partial charge is 0.381 e. The van der Waals surface area contributed by atoms with Crippen LogP contribution < -0.4 is 10.6 Å². The van der Waals surface area contributed by atoms with Crippen molar-refractivity contribution in [2.45, 2.75) is 27.2 Å². The number of carbonyl (C=O) groups is 2. The summed E-state index contributed by atoms with van der Waals surface area (Å²) in [6, 6.07) is 7.07. The van der Waals surface area contributed by atoms with Crippen molar-refractivity contribution in [2.75, 3.05) is 25.1 Å². The van der Waals surface area contributed by atoms with Crippen molar-refractivity contribution in [3.05, 3.63) is 29.8 Å². The lowest BCUT2D eigenvalue weighted by atomic mass is 9.95. The van der Waals surface area contributed by atoms with Gasteiger partial charge in [0.15, 0.2) is 0 Å². The molecule has 1 atom stereocenters. The fraction of sp³-hybridized carbons (Fsp3) is 0.529. The van der Waals surface area contributed by atoms with Crippen LogP contribution in [0, 0.1) is 11.3 Å². The van der Waals surface area contributed by atoms with E-state index in [1.54, 1.807) is 24.3 Å². The van der Waals surface area contributed by atoms with Crippen LogP contribution in [-0.4, -0.2) is 31.6 Å². The molecule has 0 unspecified atom stereocenters. The molecule has 1 aliphatic rings. The lowest BCUT2D eigenvalue weighted by Crippen LogP contribution is -2.32. The molecule has 2 amide bonds. The molecule has 1 aromatic rings. The standard InChI is InChI=1S/C17H24N2O3/c1-17(2,3)16(21)19-14-7-5-4-6-13(14)15(20)18-10-12-8-9-22-11-12/h4-7,12H,8-11H2,1-3H3,(H,18,20)(H,19,21)/t12-/m1/s1. The average Bonchev–Trinajstić information content (AvgIpc) is 2.97. The van der Waals surface area contributed by atoms with E-state index in [0.29, 0.717) is 30.3 Å². The number of carbonyl (C=O) groups excluding carboxylic acids is 2. The number of para-hydroxylation sites is 1. The highest BCUT2D eigenvalue weighted by molar-refractivity contribution is 6.04. The second kappa shape index (κ2) is 6.92. The number of amides is 2. The van der Waals surface area contributed by atoms with Crippen LogP contribution in [0.4, 0.5) is 5.69 Å². The molecule has 1 aromatic carbocycles. The number of hydrogen-bond acceptors (Lipinski definition) is 3. The lowest BCUT2D eigenvalue weighted by Gasteiger charge is -2.19. The maximum absolute atomic E-state index is 12.4. The summed E-state index contributed by atoms with van der Waals surface area (Å²) in [6.45, 7) is 7.57. The third kappa shape index (κ3) is 4.31. The van der Waals surface area contributed by atoms with Crippen molar-refractivity contribution in [1.29, 1.82) is 0 Å². The third-order valence-corrected chi connectivity index (χ3v) is 3.68. The SMILES string of the molecule is CC(C)(C)C(=O)Nc1ccccc1C(=O)NC[C@H]1CCOC1. The fourth-order valence-corrected chi connectivity index (χ4v) is 2.18. The van der Waals surface area contributed by atoms with Gasteiger partial charge < -0.3 is 15.4 Å². The van der Waals surface area contributed by atoms with Crippen molar-refractivity contribution >= 4 is 17.5 Å². The molecule has 0 aliphatic carbocycles. The number of nitrogens with one attached hydrogen (secondary N) is 2. The summed E-state index contributed by atoms with van der Waals surface area (Å²) in [6.07, 6.45) is 0.975. The molecule has 1 saturated heterocycles. The first-order valence-electron chi connectivity index (χ1n) is 7.64. The van der Waals surface area contributed by atoms with Crippen molar-refractivity contribution in [3.8, 4) is 0 Å². The maximum atomic E-state index is 12.4. The van der Waals surface area contributed by atoms with Crippen LogP contribution in [0.5, 0.6) is 0 Å². The summed E-state index contributed by atoms with van der Waals surface area (Å²) < 4.78 is 5.30. The minimum atomic E-state index is -0.509.